The van der Waals surface area contributed by atoms with Crippen molar-refractivity contribution in [3.05, 3.63) is 11.6 Å². The van der Waals surface area contributed by atoms with Crippen molar-refractivity contribution in [2.45, 2.75) is 46.6 Å². The zero-order valence-electron chi connectivity index (χ0n) is 10.6. The first-order valence-corrected chi connectivity index (χ1v) is 5.32. The smallest absolute Gasteiger partial charge is 0.198 e. The summed E-state index contributed by atoms with van der Waals surface area (Å²) in [5.74, 6) is -0.193. The van der Waals surface area contributed by atoms with Crippen LogP contribution in [-0.2, 0) is 9.63 Å². The maximum Gasteiger partial charge on any atom is 0.602 e. The van der Waals surface area contributed by atoms with E-state index >= 15 is 0 Å². The molecule has 0 atom stereocenters. The van der Waals surface area contributed by atoms with Crippen molar-refractivity contribution in [2.75, 3.05) is 0 Å². The van der Waals surface area contributed by atoms with Gasteiger partial charge in [-0.3, -0.25) is 0 Å². The summed E-state index contributed by atoms with van der Waals surface area (Å²) in [5, 5.41) is 8.81. The van der Waals surface area contributed by atoms with Crippen molar-refractivity contribution in [3.8, 4) is 6.07 Å². The maximum absolute atomic E-state index is 11.4. The van der Waals surface area contributed by atoms with E-state index in [4.69, 9.17) is 10.1 Å². The predicted molar refractivity (Wildman–Crippen MR) is 62.1 cm³/mol. The largest absolute Gasteiger partial charge is 0.602 e. The molecule has 0 aromatic rings. The summed E-state index contributed by atoms with van der Waals surface area (Å²) in [6, 6.07) is 1.99. The Kier molecular flexibility index (Phi) is 5.76. The normalized spacial score (nSPS) is 12.4. The first-order valence-electron chi connectivity index (χ1n) is 5.32. The standard InChI is InChI=1S/C12H20N2O2/c1-9(2)6-10(8-13)7-11(15)16-14-12(3,4)5/h6,9,14H,7H2,1-5H3/q+1/b10-6-. The number of rotatable bonds is 4. The van der Waals surface area contributed by atoms with E-state index in [0.717, 1.165) is 0 Å². The summed E-state index contributed by atoms with van der Waals surface area (Å²) in [6.07, 6.45) is 1.77. The van der Waals surface area contributed by atoms with Crippen LogP contribution in [0.3, 0.4) is 0 Å². The second-order valence-corrected chi connectivity index (χ2v) is 5.05. The minimum Gasteiger partial charge on any atom is -0.198 e. The van der Waals surface area contributed by atoms with Crippen LogP contribution in [0.15, 0.2) is 11.6 Å². The lowest BCUT2D eigenvalue weighted by Crippen LogP contribution is -2.37. The Balaban J connectivity index is 4.19. The topological polar surface area (TPSA) is 65.0 Å². The van der Waals surface area contributed by atoms with Gasteiger partial charge < -0.3 is 0 Å². The van der Waals surface area contributed by atoms with Crippen LogP contribution in [0.5, 0.6) is 0 Å². The van der Waals surface area contributed by atoms with E-state index < -0.39 is 5.97 Å². The van der Waals surface area contributed by atoms with Crippen molar-refractivity contribution in [1.29, 1.82) is 5.26 Å². The summed E-state index contributed by atoms with van der Waals surface area (Å²) in [4.78, 5) is 16.2. The fraction of sp³-hybridized carbons (Fsp3) is 0.667. The summed E-state index contributed by atoms with van der Waals surface area (Å²) in [5.41, 5.74) is 2.77. The first kappa shape index (κ1) is 14.7. The van der Waals surface area contributed by atoms with Crippen LogP contribution in [0, 0.1) is 17.2 Å². The average molecular weight is 224 g/mol. The van der Waals surface area contributed by atoms with E-state index in [0.29, 0.717) is 5.57 Å². The summed E-state index contributed by atoms with van der Waals surface area (Å²) in [6.45, 7) is 9.56. The second-order valence-electron chi connectivity index (χ2n) is 5.05. The molecule has 4 heteroatoms. The zero-order valence-corrected chi connectivity index (χ0v) is 10.6. The van der Waals surface area contributed by atoms with Crippen LogP contribution in [0.2, 0.25) is 0 Å². The zero-order chi connectivity index (χ0) is 12.8. The molecule has 0 aliphatic heterocycles. The van der Waals surface area contributed by atoms with Gasteiger partial charge in [-0.25, -0.2) is 0 Å². The Morgan fingerprint density at radius 1 is 1.50 bits per heavy atom. The van der Waals surface area contributed by atoms with Crippen LogP contribution in [0.4, 0.5) is 0 Å². The summed E-state index contributed by atoms with van der Waals surface area (Å²) >= 11 is 0. The molecule has 0 rings (SSSR count). The number of nitrogens with one attached hydrogen (secondary N) is 1. The lowest BCUT2D eigenvalue weighted by molar-refractivity contribution is -0.154. The number of carbonyl (C=O) groups is 1. The van der Waals surface area contributed by atoms with Crippen LogP contribution >= 0.6 is 0 Å². The van der Waals surface area contributed by atoms with E-state index in [1.807, 2.05) is 40.7 Å². The van der Waals surface area contributed by atoms with E-state index in [2.05, 4.69) is 5.48 Å². The predicted octanol–water partition coefficient (Wildman–Crippen LogP) is 2.33. The van der Waals surface area contributed by atoms with Gasteiger partial charge in [-0.1, -0.05) is 19.9 Å². The molecule has 0 saturated heterocycles. The molecule has 16 heavy (non-hydrogen) atoms. The number of nitrogens with zero attached hydrogens (tertiary/aromatic N) is 1. The monoisotopic (exact) mass is 224 g/mol. The minimum atomic E-state index is -0.441. The fourth-order valence-electron chi connectivity index (χ4n) is 0.940. The Hall–Kier alpha value is -1.34. The molecular weight excluding hydrogens is 204 g/mol. The molecule has 1 radical (unpaired) electrons. The molecule has 0 unspecified atom stereocenters. The van der Waals surface area contributed by atoms with Crippen LogP contribution < -0.4 is 5.48 Å². The number of hydrogen-bond donors (Lipinski definition) is 1. The highest BCUT2D eigenvalue weighted by atomic mass is 16.7. The van der Waals surface area contributed by atoms with Gasteiger partial charge in [0.25, 0.3) is 0 Å². The summed E-state index contributed by atoms with van der Waals surface area (Å²) in [7, 11) is 0. The van der Waals surface area contributed by atoms with Gasteiger partial charge in [0.1, 0.15) is 6.42 Å². The molecule has 0 saturated carbocycles. The lowest BCUT2D eigenvalue weighted by atomic mass is 10.1. The van der Waals surface area contributed by atoms with E-state index in [1.54, 1.807) is 6.08 Å². The van der Waals surface area contributed by atoms with Crippen molar-refractivity contribution in [1.82, 2.24) is 5.48 Å². The average Bonchev–Trinajstić information content (AvgIpc) is 2.12. The van der Waals surface area contributed by atoms with Gasteiger partial charge in [-0.2, -0.15) is 10.1 Å². The molecule has 89 valence electrons. The van der Waals surface area contributed by atoms with Crippen molar-refractivity contribution in [3.63, 3.8) is 0 Å². The Morgan fingerprint density at radius 3 is 2.44 bits per heavy atom. The summed E-state index contributed by atoms with van der Waals surface area (Å²) < 4.78 is 0. The van der Waals surface area contributed by atoms with Gasteiger partial charge in [0.05, 0.1) is 16.4 Å². The molecule has 0 aromatic carbocycles. The van der Waals surface area contributed by atoms with Crippen molar-refractivity contribution in [2.24, 2.45) is 5.92 Å². The number of hydroxylamine groups is 1. The highest BCUT2D eigenvalue weighted by Crippen LogP contribution is 2.07. The van der Waals surface area contributed by atoms with Crippen LogP contribution in [-0.4, -0.2) is 11.5 Å². The highest BCUT2D eigenvalue weighted by Gasteiger charge is 2.24. The van der Waals surface area contributed by atoms with E-state index in [1.165, 1.54) is 0 Å². The molecule has 0 aliphatic carbocycles. The SMILES string of the molecule is CC(C)/C=C(\C#N)CC(=[O+])ONC(C)(C)C. The minimum absolute atomic E-state index is 0.0117. The fourth-order valence-corrected chi connectivity index (χ4v) is 0.940. The van der Waals surface area contributed by atoms with Gasteiger partial charge in [0.15, 0.2) is 0 Å². The molecule has 0 aromatic heterocycles. The first-order chi connectivity index (χ1) is 7.24. The molecule has 0 bridgehead atoms. The number of hydrogen-bond acceptors (Lipinski definition) is 4. The second kappa shape index (κ2) is 6.29. The van der Waals surface area contributed by atoms with Crippen LogP contribution in [0.25, 0.3) is 0 Å². The van der Waals surface area contributed by atoms with Crippen molar-refractivity contribution >= 4 is 5.97 Å². The molecular formula is C12H20N2O2+. The Morgan fingerprint density at radius 2 is 2.06 bits per heavy atom. The Labute approximate surface area is 97.2 Å². The third kappa shape index (κ3) is 8.01. The number of carbonyl (C=O) groups excluding carboxylic acids is 1. The highest BCUT2D eigenvalue weighted by molar-refractivity contribution is 5.73. The van der Waals surface area contributed by atoms with Gasteiger partial charge in [0.2, 0.25) is 0 Å². The quantitative estimate of drug-likeness (QED) is 0.452. The maximum atomic E-state index is 11.4. The third-order valence-electron chi connectivity index (χ3n) is 1.48. The lowest BCUT2D eigenvalue weighted by Gasteiger charge is -2.12. The third-order valence-corrected chi connectivity index (χ3v) is 1.48. The van der Waals surface area contributed by atoms with Crippen LogP contribution in [0.1, 0.15) is 41.0 Å². The number of nitriles is 1. The molecule has 0 amide bonds. The van der Waals surface area contributed by atoms with Gasteiger partial charge in [-0.15, -0.1) is 0 Å². The Bertz CT molecular complexity index is 306. The van der Waals surface area contributed by atoms with Crippen molar-refractivity contribution < 1.29 is 9.63 Å². The van der Waals surface area contributed by atoms with Gasteiger partial charge >= 0.3 is 5.97 Å². The number of allylic oxidation sites excluding steroid dienone is 1. The molecule has 0 spiro atoms. The van der Waals surface area contributed by atoms with Gasteiger partial charge in [-0.05, 0) is 32.2 Å². The molecule has 0 fully saturated rings. The molecule has 1 N–H and O–H groups in total. The molecule has 0 heterocycles. The van der Waals surface area contributed by atoms with E-state index in [9.17, 15) is 4.79 Å². The molecule has 0 aliphatic rings. The van der Waals surface area contributed by atoms with Gasteiger partial charge in [0, 0.05) is 5.57 Å². The molecule has 4 nitrogen and oxygen atoms in total. The van der Waals surface area contributed by atoms with E-state index in [-0.39, 0.29) is 17.9 Å².